The third-order valence-electron chi connectivity index (χ3n) is 2.79. The van der Waals surface area contributed by atoms with Crippen LogP contribution in [0.1, 0.15) is 17.7 Å². The lowest BCUT2D eigenvalue weighted by atomic mass is 10.1. The molecule has 0 saturated carbocycles. The highest BCUT2D eigenvalue weighted by Crippen LogP contribution is 2.07. The summed E-state index contributed by atoms with van der Waals surface area (Å²) in [4.78, 5) is 3.99. The van der Waals surface area contributed by atoms with Crippen molar-refractivity contribution in [1.82, 2.24) is 19.9 Å². The zero-order valence-electron chi connectivity index (χ0n) is 10.6. The SMILES string of the molecule is Cc1[nH]ncc1CCCNS(=O)(=O)c1cccnc1. The van der Waals surface area contributed by atoms with Gasteiger partial charge in [0.1, 0.15) is 4.90 Å². The average Bonchev–Trinajstić information content (AvgIpc) is 2.81. The Bertz CT molecular complexity index is 622. The highest BCUT2D eigenvalue weighted by atomic mass is 32.2. The van der Waals surface area contributed by atoms with Gasteiger partial charge < -0.3 is 0 Å². The van der Waals surface area contributed by atoms with Gasteiger partial charge in [-0.15, -0.1) is 0 Å². The molecule has 0 aromatic carbocycles. The molecule has 2 rings (SSSR count). The first-order valence-electron chi connectivity index (χ1n) is 5.98. The Morgan fingerprint density at radius 2 is 2.21 bits per heavy atom. The molecule has 0 radical (unpaired) electrons. The smallest absolute Gasteiger partial charge is 0.242 e. The first-order valence-corrected chi connectivity index (χ1v) is 7.46. The molecule has 2 N–H and O–H groups in total. The predicted molar refractivity (Wildman–Crippen MR) is 71.1 cm³/mol. The number of pyridine rings is 1. The number of hydrogen-bond donors (Lipinski definition) is 2. The zero-order valence-corrected chi connectivity index (χ0v) is 11.4. The molecule has 0 aliphatic heterocycles. The van der Waals surface area contributed by atoms with Crippen LogP contribution in [0, 0.1) is 6.92 Å². The average molecular weight is 280 g/mol. The molecule has 7 heteroatoms. The topological polar surface area (TPSA) is 87.7 Å². The number of aromatic amines is 1. The summed E-state index contributed by atoms with van der Waals surface area (Å²) in [6.07, 6.45) is 6.16. The van der Waals surface area contributed by atoms with Gasteiger partial charge in [-0.1, -0.05) is 0 Å². The molecule has 2 heterocycles. The van der Waals surface area contributed by atoms with Crippen molar-refractivity contribution < 1.29 is 8.42 Å². The number of rotatable bonds is 6. The Morgan fingerprint density at radius 1 is 1.37 bits per heavy atom. The molecule has 2 aromatic heterocycles. The molecule has 0 atom stereocenters. The number of hydrogen-bond acceptors (Lipinski definition) is 4. The second kappa shape index (κ2) is 5.94. The van der Waals surface area contributed by atoms with Crippen molar-refractivity contribution >= 4 is 10.0 Å². The predicted octanol–water partition coefficient (Wildman–Crippen LogP) is 1.02. The van der Waals surface area contributed by atoms with E-state index in [1.54, 1.807) is 18.5 Å². The molecule has 102 valence electrons. The van der Waals surface area contributed by atoms with Crippen LogP contribution in [-0.4, -0.2) is 30.1 Å². The van der Waals surface area contributed by atoms with Crippen molar-refractivity contribution in [1.29, 1.82) is 0 Å². The second-order valence-corrected chi connectivity index (χ2v) is 5.98. The lowest BCUT2D eigenvalue weighted by Gasteiger charge is -2.05. The van der Waals surface area contributed by atoms with Crippen LogP contribution < -0.4 is 4.72 Å². The molecule has 0 unspecified atom stereocenters. The Balaban J connectivity index is 1.84. The van der Waals surface area contributed by atoms with Gasteiger partial charge in [-0.05, 0) is 37.5 Å². The molecule has 0 amide bonds. The molecule has 0 saturated heterocycles. The van der Waals surface area contributed by atoms with E-state index in [4.69, 9.17) is 0 Å². The van der Waals surface area contributed by atoms with Gasteiger partial charge in [0.25, 0.3) is 0 Å². The third-order valence-corrected chi connectivity index (χ3v) is 4.24. The molecule has 0 spiro atoms. The van der Waals surface area contributed by atoms with Crippen molar-refractivity contribution in [3.05, 3.63) is 42.0 Å². The minimum absolute atomic E-state index is 0.189. The van der Waals surface area contributed by atoms with Crippen LogP contribution in [0.15, 0.2) is 35.6 Å². The molecule has 19 heavy (non-hydrogen) atoms. The third kappa shape index (κ3) is 3.62. The number of nitrogens with one attached hydrogen (secondary N) is 2. The van der Waals surface area contributed by atoms with E-state index >= 15 is 0 Å². The Kier molecular flexibility index (Phi) is 4.28. The number of H-pyrrole nitrogens is 1. The quantitative estimate of drug-likeness (QED) is 0.773. The normalized spacial score (nSPS) is 11.6. The van der Waals surface area contributed by atoms with E-state index < -0.39 is 10.0 Å². The molecule has 0 bridgehead atoms. The summed E-state index contributed by atoms with van der Waals surface area (Å²) in [7, 11) is -3.45. The molecular formula is C12H16N4O2S. The number of aryl methyl sites for hydroxylation is 2. The van der Waals surface area contributed by atoms with Gasteiger partial charge in [0.2, 0.25) is 10.0 Å². The fraction of sp³-hybridized carbons (Fsp3) is 0.333. The highest BCUT2D eigenvalue weighted by Gasteiger charge is 2.12. The van der Waals surface area contributed by atoms with Gasteiger partial charge >= 0.3 is 0 Å². The fourth-order valence-corrected chi connectivity index (χ4v) is 2.74. The summed E-state index contributed by atoms with van der Waals surface area (Å²) in [6.45, 7) is 2.34. The van der Waals surface area contributed by atoms with Crippen LogP contribution in [0.2, 0.25) is 0 Å². The van der Waals surface area contributed by atoms with Crippen LogP contribution in [0.3, 0.4) is 0 Å². The summed E-state index contributed by atoms with van der Waals surface area (Å²) >= 11 is 0. The lowest BCUT2D eigenvalue weighted by Crippen LogP contribution is -2.25. The van der Waals surface area contributed by atoms with E-state index in [0.29, 0.717) is 6.54 Å². The maximum atomic E-state index is 11.9. The maximum Gasteiger partial charge on any atom is 0.242 e. The Morgan fingerprint density at radius 3 is 2.84 bits per heavy atom. The molecule has 0 fully saturated rings. The monoisotopic (exact) mass is 280 g/mol. The van der Waals surface area contributed by atoms with Gasteiger partial charge in [0, 0.05) is 24.6 Å². The van der Waals surface area contributed by atoms with Crippen LogP contribution in [0.25, 0.3) is 0 Å². The van der Waals surface area contributed by atoms with Gasteiger partial charge in [-0.25, -0.2) is 13.1 Å². The second-order valence-electron chi connectivity index (χ2n) is 4.21. The van der Waals surface area contributed by atoms with Crippen molar-refractivity contribution in [3.63, 3.8) is 0 Å². The first kappa shape index (κ1) is 13.7. The van der Waals surface area contributed by atoms with Crippen molar-refractivity contribution in [3.8, 4) is 0 Å². The zero-order chi connectivity index (χ0) is 13.7. The highest BCUT2D eigenvalue weighted by molar-refractivity contribution is 7.89. The minimum atomic E-state index is -3.45. The van der Waals surface area contributed by atoms with E-state index in [1.165, 1.54) is 12.3 Å². The standard InChI is InChI=1S/C12H16N4O2S/c1-10-11(8-14-16-10)4-2-7-15-19(17,18)12-5-3-6-13-9-12/h3,5-6,8-9,15H,2,4,7H2,1H3,(H,14,16). The van der Waals surface area contributed by atoms with Gasteiger partial charge in [-0.2, -0.15) is 5.10 Å². The summed E-state index contributed by atoms with van der Waals surface area (Å²) in [5.74, 6) is 0. The van der Waals surface area contributed by atoms with E-state index in [0.717, 1.165) is 24.1 Å². The molecular weight excluding hydrogens is 264 g/mol. The molecule has 0 aliphatic rings. The van der Waals surface area contributed by atoms with Crippen LogP contribution in [0.4, 0.5) is 0 Å². The van der Waals surface area contributed by atoms with E-state index in [-0.39, 0.29) is 4.90 Å². The van der Waals surface area contributed by atoms with Crippen LogP contribution in [0.5, 0.6) is 0 Å². The van der Waals surface area contributed by atoms with E-state index in [2.05, 4.69) is 19.9 Å². The van der Waals surface area contributed by atoms with Gasteiger partial charge in [0.15, 0.2) is 0 Å². The van der Waals surface area contributed by atoms with Gasteiger partial charge in [-0.3, -0.25) is 10.1 Å². The lowest BCUT2D eigenvalue weighted by molar-refractivity contribution is 0.578. The van der Waals surface area contributed by atoms with Crippen molar-refractivity contribution in [2.75, 3.05) is 6.54 Å². The minimum Gasteiger partial charge on any atom is -0.283 e. The van der Waals surface area contributed by atoms with E-state index in [9.17, 15) is 8.42 Å². The largest absolute Gasteiger partial charge is 0.283 e. The first-order chi connectivity index (χ1) is 9.09. The van der Waals surface area contributed by atoms with Crippen molar-refractivity contribution in [2.24, 2.45) is 0 Å². The van der Waals surface area contributed by atoms with Crippen LogP contribution >= 0.6 is 0 Å². The Labute approximate surface area is 112 Å². The summed E-state index contributed by atoms with van der Waals surface area (Å²) in [5.41, 5.74) is 2.13. The number of nitrogens with zero attached hydrogens (tertiary/aromatic N) is 2. The number of aromatic nitrogens is 3. The molecule has 0 aliphatic carbocycles. The Hall–Kier alpha value is -1.73. The molecule has 2 aromatic rings. The fourth-order valence-electron chi connectivity index (χ4n) is 1.70. The van der Waals surface area contributed by atoms with E-state index in [1.807, 2.05) is 6.92 Å². The van der Waals surface area contributed by atoms with Crippen LogP contribution in [-0.2, 0) is 16.4 Å². The molecule has 6 nitrogen and oxygen atoms in total. The van der Waals surface area contributed by atoms with Gasteiger partial charge in [0.05, 0.1) is 6.20 Å². The maximum absolute atomic E-state index is 11.9. The summed E-state index contributed by atoms with van der Waals surface area (Å²) < 4.78 is 26.3. The summed E-state index contributed by atoms with van der Waals surface area (Å²) in [6, 6.07) is 3.12. The summed E-state index contributed by atoms with van der Waals surface area (Å²) in [5, 5.41) is 6.78. The number of sulfonamides is 1. The van der Waals surface area contributed by atoms with Crippen molar-refractivity contribution in [2.45, 2.75) is 24.7 Å².